The van der Waals surface area contributed by atoms with Crippen LogP contribution in [-0.4, -0.2) is 37.1 Å². The molecule has 8 heteroatoms. The summed E-state index contributed by atoms with van der Waals surface area (Å²) < 4.78 is 30.8. The molecule has 1 aliphatic rings. The molecule has 106 valence electrons. The van der Waals surface area contributed by atoms with Gasteiger partial charge in [-0.05, 0) is 26.7 Å². The van der Waals surface area contributed by atoms with Gasteiger partial charge in [0.1, 0.15) is 22.0 Å². The van der Waals surface area contributed by atoms with Crippen LogP contribution in [0.4, 0.5) is 0 Å². The fourth-order valence-electron chi connectivity index (χ4n) is 2.09. The fraction of sp³-hybridized carbons (Fsp3) is 0.545. The molecule has 7 nitrogen and oxygen atoms in total. The first kappa shape index (κ1) is 14.0. The van der Waals surface area contributed by atoms with E-state index in [1.165, 1.54) is 13.8 Å². The first-order valence-corrected chi connectivity index (χ1v) is 7.28. The number of nitrogens with zero attached hydrogens (tertiary/aromatic N) is 1. The monoisotopic (exact) mass is 289 g/mol. The van der Waals surface area contributed by atoms with Crippen molar-refractivity contribution in [3.8, 4) is 0 Å². The Hall–Kier alpha value is -1.38. The second-order valence-corrected chi connectivity index (χ2v) is 6.06. The molecule has 2 rings (SSSR count). The van der Waals surface area contributed by atoms with Crippen molar-refractivity contribution >= 4 is 16.0 Å². The first-order chi connectivity index (χ1) is 8.85. The van der Waals surface area contributed by atoms with E-state index in [1.54, 1.807) is 0 Å². The zero-order chi connectivity index (χ0) is 14.2. The highest BCUT2D eigenvalue weighted by molar-refractivity contribution is 7.89. The van der Waals surface area contributed by atoms with Crippen LogP contribution in [0.2, 0.25) is 0 Å². The third-order valence-electron chi connectivity index (χ3n) is 2.92. The molecule has 0 radical (unpaired) electrons. The highest BCUT2D eigenvalue weighted by Gasteiger charge is 2.36. The zero-order valence-corrected chi connectivity index (χ0v) is 11.5. The van der Waals surface area contributed by atoms with Crippen LogP contribution in [0.25, 0.3) is 0 Å². The van der Waals surface area contributed by atoms with Crippen LogP contribution < -0.4 is 0 Å². The van der Waals surface area contributed by atoms with Crippen LogP contribution in [0.3, 0.4) is 0 Å². The molecule has 0 unspecified atom stereocenters. The zero-order valence-electron chi connectivity index (χ0n) is 10.7. The number of aryl methyl sites for hydroxylation is 2. The van der Waals surface area contributed by atoms with E-state index in [4.69, 9.17) is 14.4 Å². The average molecular weight is 289 g/mol. The molecule has 0 saturated carbocycles. The Balaban J connectivity index is 2.54. The Morgan fingerprint density at radius 2 is 1.95 bits per heavy atom. The van der Waals surface area contributed by atoms with Crippen molar-refractivity contribution in [1.82, 2.24) is 4.47 Å². The summed E-state index contributed by atoms with van der Waals surface area (Å²) in [4.78, 5) is 16.0. The lowest BCUT2D eigenvalue weighted by molar-refractivity contribution is -0.108. The Labute approximate surface area is 110 Å². The van der Waals surface area contributed by atoms with Crippen molar-refractivity contribution in [3.05, 3.63) is 17.1 Å². The third kappa shape index (κ3) is 2.38. The van der Waals surface area contributed by atoms with Gasteiger partial charge in [0.25, 0.3) is 10.0 Å². The number of hydrogen-bond donors (Lipinski definition) is 1. The number of carboxylic acids is 1. The molecule has 19 heavy (non-hydrogen) atoms. The van der Waals surface area contributed by atoms with Crippen molar-refractivity contribution in [3.63, 3.8) is 0 Å². The topological polar surface area (TPSA) is 97.0 Å². The first-order valence-electron chi connectivity index (χ1n) is 5.84. The van der Waals surface area contributed by atoms with Crippen molar-refractivity contribution < 1.29 is 27.6 Å². The molecule has 0 aromatic carbocycles. The standard InChI is InChI=1S/C11H15NO6S/c1-7-9(11(13)14)10(8(2)18-7)19(15,16)12-5-3-4-6-17-12/h3-6H2,1-2H3,(H,13,14). The van der Waals surface area contributed by atoms with Gasteiger partial charge in [-0.1, -0.05) is 4.47 Å². The lowest BCUT2D eigenvalue weighted by atomic mass is 10.2. The Morgan fingerprint density at radius 1 is 1.26 bits per heavy atom. The lowest BCUT2D eigenvalue weighted by Crippen LogP contribution is -2.36. The molecule has 1 aromatic rings. The molecule has 0 bridgehead atoms. The Morgan fingerprint density at radius 3 is 2.47 bits per heavy atom. The van der Waals surface area contributed by atoms with Gasteiger partial charge in [-0.25, -0.2) is 13.2 Å². The molecule has 1 aliphatic heterocycles. The van der Waals surface area contributed by atoms with E-state index in [-0.39, 0.29) is 28.5 Å². The summed E-state index contributed by atoms with van der Waals surface area (Å²) in [7, 11) is -4.01. The van der Waals surface area contributed by atoms with Gasteiger partial charge in [0.05, 0.1) is 6.61 Å². The quantitative estimate of drug-likeness (QED) is 0.901. The van der Waals surface area contributed by atoms with Gasteiger partial charge in [-0.3, -0.25) is 4.84 Å². The number of carboxylic acid groups (broad SMARTS) is 1. The van der Waals surface area contributed by atoms with E-state index in [0.717, 1.165) is 10.9 Å². The normalized spacial score (nSPS) is 17.6. The highest BCUT2D eigenvalue weighted by Crippen LogP contribution is 2.30. The number of aromatic carboxylic acids is 1. The lowest BCUT2D eigenvalue weighted by Gasteiger charge is -2.25. The largest absolute Gasteiger partial charge is 0.478 e. The molecule has 0 amide bonds. The summed E-state index contributed by atoms with van der Waals surface area (Å²) >= 11 is 0. The predicted octanol–water partition coefficient (Wildman–Crippen LogP) is 1.31. The number of carbonyl (C=O) groups is 1. The summed E-state index contributed by atoms with van der Waals surface area (Å²) in [5.74, 6) is -1.20. The molecule has 2 heterocycles. The Kier molecular flexibility index (Phi) is 3.66. The SMILES string of the molecule is Cc1oc(C)c(S(=O)(=O)N2CCCCO2)c1C(=O)O. The minimum Gasteiger partial charge on any atom is -0.478 e. The summed E-state index contributed by atoms with van der Waals surface area (Å²) in [6, 6.07) is 0. The maximum Gasteiger partial charge on any atom is 0.340 e. The average Bonchev–Trinajstić information content (AvgIpc) is 2.66. The van der Waals surface area contributed by atoms with E-state index in [1.807, 2.05) is 0 Å². The summed E-state index contributed by atoms with van der Waals surface area (Å²) in [6.45, 7) is 3.37. The third-order valence-corrected chi connectivity index (χ3v) is 4.75. The summed E-state index contributed by atoms with van der Waals surface area (Å²) in [5.41, 5.74) is -0.327. The van der Waals surface area contributed by atoms with E-state index >= 15 is 0 Å². The van der Waals surface area contributed by atoms with Crippen LogP contribution in [-0.2, 0) is 14.9 Å². The van der Waals surface area contributed by atoms with Gasteiger partial charge in [0, 0.05) is 6.54 Å². The molecule has 1 saturated heterocycles. The van der Waals surface area contributed by atoms with Gasteiger partial charge in [0.2, 0.25) is 0 Å². The van der Waals surface area contributed by atoms with Crippen molar-refractivity contribution in [2.45, 2.75) is 31.6 Å². The molecule has 0 aliphatic carbocycles. The Bertz CT molecular complexity index is 597. The van der Waals surface area contributed by atoms with Gasteiger partial charge in [-0.2, -0.15) is 0 Å². The van der Waals surface area contributed by atoms with Crippen LogP contribution in [0, 0.1) is 13.8 Å². The molecule has 1 N–H and O–H groups in total. The van der Waals surface area contributed by atoms with Gasteiger partial charge in [0.15, 0.2) is 0 Å². The predicted molar refractivity (Wildman–Crippen MR) is 64.2 cm³/mol. The van der Waals surface area contributed by atoms with Crippen LogP contribution >= 0.6 is 0 Å². The molecule has 0 atom stereocenters. The van der Waals surface area contributed by atoms with Gasteiger partial charge in [-0.15, -0.1) is 0 Å². The fourth-order valence-corrected chi connectivity index (χ4v) is 3.77. The second-order valence-electron chi connectivity index (χ2n) is 4.30. The highest BCUT2D eigenvalue weighted by atomic mass is 32.2. The molecule has 1 aromatic heterocycles. The molecular weight excluding hydrogens is 274 g/mol. The minimum atomic E-state index is -4.01. The number of sulfonamides is 1. The van der Waals surface area contributed by atoms with E-state index in [0.29, 0.717) is 13.0 Å². The van der Waals surface area contributed by atoms with E-state index in [2.05, 4.69) is 0 Å². The minimum absolute atomic E-state index is 0.0593. The van der Waals surface area contributed by atoms with Crippen LogP contribution in [0.1, 0.15) is 34.7 Å². The van der Waals surface area contributed by atoms with Crippen LogP contribution in [0.5, 0.6) is 0 Å². The van der Waals surface area contributed by atoms with Gasteiger partial charge < -0.3 is 9.52 Å². The van der Waals surface area contributed by atoms with Gasteiger partial charge >= 0.3 is 5.97 Å². The number of furan rings is 1. The smallest absolute Gasteiger partial charge is 0.340 e. The summed E-state index contributed by atoms with van der Waals surface area (Å²) in [5, 5.41) is 9.14. The second kappa shape index (κ2) is 4.95. The number of rotatable bonds is 3. The van der Waals surface area contributed by atoms with Crippen molar-refractivity contribution in [1.29, 1.82) is 0 Å². The van der Waals surface area contributed by atoms with Crippen LogP contribution in [0.15, 0.2) is 9.31 Å². The summed E-state index contributed by atoms with van der Waals surface area (Å²) in [6.07, 6.45) is 1.46. The van der Waals surface area contributed by atoms with Crippen molar-refractivity contribution in [2.24, 2.45) is 0 Å². The molecule has 0 spiro atoms. The van der Waals surface area contributed by atoms with E-state index in [9.17, 15) is 13.2 Å². The molecular formula is C11H15NO6S. The molecule has 1 fully saturated rings. The number of hydrogen-bond acceptors (Lipinski definition) is 5. The van der Waals surface area contributed by atoms with Crippen molar-refractivity contribution in [2.75, 3.05) is 13.2 Å². The maximum absolute atomic E-state index is 12.4. The maximum atomic E-state index is 12.4. The number of hydroxylamine groups is 1. The van der Waals surface area contributed by atoms with E-state index < -0.39 is 16.0 Å².